The lowest BCUT2D eigenvalue weighted by atomic mass is 9.88. The number of nitrogens with zero attached hydrogens (tertiary/aromatic N) is 1. The number of rotatable bonds is 5. The van der Waals surface area contributed by atoms with Crippen LogP contribution in [0.4, 0.5) is 10.1 Å². The first-order valence-corrected chi connectivity index (χ1v) is 8.28. The van der Waals surface area contributed by atoms with Crippen molar-refractivity contribution in [3.05, 3.63) is 29.6 Å². The molecule has 116 valence electrons. The lowest BCUT2D eigenvalue weighted by molar-refractivity contribution is 0.337. The van der Waals surface area contributed by atoms with Crippen molar-refractivity contribution < 1.29 is 4.39 Å². The Morgan fingerprint density at radius 3 is 2.76 bits per heavy atom. The fourth-order valence-corrected chi connectivity index (χ4v) is 4.48. The second-order valence-electron chi connectivity index (χ2n) is 7.23. The topological polar surface area (TPSA) is 29.3 Å². The zero-order valence-corrected chi connectivity index (χ0v) is 13.2. The van der Waals surface area contributed by atoms with Crippen molar-refractivity contribution in [3.63, 3.8) is 0 Å². The average molecular weight is 290 g/mol. The van der Waals surface area contributed by atoms with Gasteiger partial charge in [0.15, 0.2) is 0 Å². The van der Waals surface area contributed by atoms with E-state index >= 15 is 0 Å². The van der Waals surface area contributed by atoms with E-state index in [1.807, 2.05) is 19.1 Å². The highest BCUT2D eigenvalue weighted by atomic mass is 19.1. The fourth-order valence-electron chi connectivity index (χ4n) is 4.48. The second-order valence-corrected chi connectivity index (χ2v) is 7.23. The molecule has 2 N–H and O–H groups in total. The van der Waals surface area contributed by atoms with Crippen molar-refractivity contribution in [2.75, 3.05) is 18.5 Å². The highest BCUT2D eigenvalue weighted by Gasteiger charge is 2.39. The van der Waals surface area contributed by atoms with Crippen LogP contribution in [0.3, 0.4) is 0 Å². The van der Waals surface area contributed by atoms with Gasteiger partial charge in [-0.05, 0) is 62.5 Å². The van der Waals surface area contributed by atoms with Crippen LogP contribution in [0.25, 0.3) is 0 Å². The molecule has 4 unspecified atom stereocenters. The average Bonchev–Trinajstić information content (AvgIpc) is 3.02. The van der Waals surface area contributed by atoms with Gasteiger partial charge in [0, 0.05) is 30.9 Å². The molecule has 2 bridgehead atoms. The van der Waals surface area contributed by atoms with E-state index in [1.54, 1.807) is 6.07 Å². The molecule has 4 atom stereocenters. The van der Waals surface area contributed by atoms with Crippen LogP contribution in [0.5, 0.6) is 0 Å². The number of nitrogens with two attached hydrogens (primary N) is 1. The van der Waals surface area contributed by atoms with E-state index < -0.39 is 0 Å². The summed E-state index contributed by atoms with van der Waals surface area (Å²) in [6, 6.07) is 5.38. The van der Waals surface area contributed by atoms with Crippen LogP contribution >= 0.6 is 0 Å². The van der Waals surface area contributed by atoms with Gasteiger partial charge in [-0.2, -0.15) is 0 Å². The molecule has 0 amide bonds. The summed E-state index contributed by atoms with van der Waals surface area (Å²) < 4.78 is 14.2. The summed E-state index contributed by atoms with van der Waals surface area (Å²) in [6.45, 7) is 2.99. The van der Waals surface area contributed by atoms with E-state index in [-0.39, 0.29) is 11.9 Å². The minimum atomic E-state index is -0.121. The summed E-state index contributed by atoms with van der Waals surface area (Å²) in [7, 11) is 2.10. The molecule has 21 heavy (non-hydrogen) atoms. The van der Waals surface area contributed by atoms with Crippen molar-refractivity contribution in [2.45, 2.75) is 45.1 Å². The van der Waals surface area contributed by atoms with Crippen LogP contribution in [0.2, 0.25) is 0 Å². The van der Waals surface area contributed by atoms with Crippen LogP contribution < -0.4 is 10.6 Å². The normalized spacial score (nSPS) is 28.9. The standard InChI is InChI=1S/C18H27FN2/c1-12(20)8-16-17(19)4-3-5-18(16)21(2)11-15-10-13-6-7-14(15)9-13/h3-5,12-15H,6-11,20H2,1-2H3. The molecule has 0 heterocycles. The van der Waals surface area contributed by atoms with E-state index in [4.69, 9.17) is 5.73 Å². The van der Waals surface area contributed by atoms with Crippen LogP contribution in [0.15, 0.2) is 18.2 Å². The summed E-state index contributed by atoms with van der Waals surface area (Å²) in [5.74, 6) is 2.54. The summed E-state index contributed by atoms with van der Waals surface area (Å²) in [5, 5.41) is 0. The highest BCUT2D eigenvalue weighted by molar-refractivity contribution is 5.54. The summed E-state index contributed by atoms with van der Waals surface area (Å²) in [6.07, 6.45) is 6.23. The van der Waals surface area contributed by atoms with Gasteiger partial charge in [0.25, 0.3) is 0 Å². The number of hydrogen-bond donors (Lipinski definition) is 1. The minimum absolute atomic E-state index is 0.0171. The van der Waals surface area contributed by atoms with Crippen LogP contribution in [-0.2, 0) is 6.42 Å². The molecular weight excluding hydrogens is 263 g/mol. The molecule has 2 aliphatic carbocycles. The second kappa shape index (κ2) is 5.96. The molecule has 3 rings (SSSR count). The molecule has 1 aromatic carbocycles. The summed E-state index contributed by atoms with van der Waals surface area (Å²) in [4.78, 5) is 2.26. The maximum Gasteiger partial charge on any atom is 0.128 e. The van der Waals surface area contributed by atoms with Gasteiger partial charge in [-0.25, -0.2) is 4.39 Å². The molecule has 0 aromatic heterocycles. The Morgan fingerprint density at radius 2 is 2.14 bits per heavy atom. The van der Waals surface area contributed by atoms with Gasteiger partial charge in [-0.3, -0.25) is 0 Å². The third-order valence-corrected chi connectivity index (χ3v) is 5.42. The number of fused-ring (bicyclic) bond motifs is 2. The van der Waals surface area contributed by atoms with Crippen molar-refractivity contribution in [2.24, 2.45) is 23.5 Å². The zero-order valence-electron chi connectivity index (χ0n) is 13.2. The largest absolute Gasteiger partial charge is 0.374 e. The van der Waals surface area contributed by atoms with Crippen molar-refractivity contribution in [3.8, 4) is 0 Å². The van der Waals surface area contributed by atoms with Gasteiger partial charge >= 0.3 is 0 Å². The van der Waals surface area contributed by atoms with Gasteiger partial charge in [0.05, 0.1) is 0 Å². The molecule has 2 nitrogen and oxygen atoms in total. The Kier molecular flexibility index (Phi) is 4.21. The van der Waals surface area contributed by atoms with Crippen molar-refractivity contribution in [1.82, 2.24) is 0 Å². The smallest absolute Gasteiger partial charge is 0.128 e. The minimum Gasteiger partial charge on any atom is -0.374 e. The third-order valence-electron chi connectivity index (χ3n) is 5.42. The predicted octanol–water partition coefficient (Wildman–Crippen LogP) is 3.59. The van der Waals surface area contributed by atoms with Gasteiger partial charge in [0.2, 0.25) is 0 Å². The van der Waals surface area contributed by atoms with Gasteiger partial charge in [0.1, 0.15) is 5.82 Å². The lowest BCUT2D eigenvalue weighted by Gasteiger charge is -2.30. The van der Waals surface area contributed by atoms with E-state index in [9.17, 15) is 4.39 Å². The molecule has 0 aliphatic heterocycles. The highest BCUT2D eigenvalue weighted by Crippen LogP contribution is 2.48. The first-order valence-electron chi connectivity index (χ1n) is 8.28. The molecule has 0 spiro atoms. The van der Waals surface area contributed by atoms with Gasteiger partial charge < -0.3 is 10.6 Å². The monoisotopic (exact) mass is 290 g/mol. The number of benzene rings is 1. The zero-order chi connectivity index (χ0) is 15.0. The SMILES string of the molecule is CC(N)Cc1c(F)cccc1N(C)CC1CC2CCC1C2. The van der Waals surface area contributed by atoms with E-state index in [0.717, 1.165) is 35.5 Å². The maximum absolute atomic E-state index is 14.2. The summed E-state index contributed by atoms with van der Waals surface area (Å²) >= 11 is 0. The molecule has 3 heteroatoms. The van der Waals surface area contributed by atoms with Crippen LogP contribution in [0, 0.1) is 23.6 Å². The number of halogens is 1. The first kappa shape index (κ1) is 14.8. The Balaban J connectivity index is 1.74. The van der Waals surface area contributed by atoms with Gasteiger partial charge in [-0.1, -0.05) is 12.5 Å². The maximum atomic E-state index is 14.2. The fraction of sp³-hybridized carbons (Fsp3) is 0.667. The number of anilines is 1. The Labute approximate surface area is 127 Å². The molecule has 0 radical (unpaired) electrons. The van der Waals surface area contributed by atoms with Crippen LogP contribution in [-0.4, -0.2) is 19.6 Å². The Bertz CT molecular complexity index is 500. The van der Waals surface area contributed by atoms with Crippen LogP contribution in [0.1, 0.15) is 38.2 Å². The van der Waals surface area contributed by atoms with E-state index in [0.29, 0.717) is 6.42 Å². The first-order chi connectivity index (χ1) is 10.0. The van der Waals surface area contributed by atoms with Crippen molar-refractivity contribution in [1.29, 1.82) is 0 Å². The molecule has 0 saturated heterocycles. The predicted molar refractivity (Wildman–Crippen MR) is 86.0 cm³/mol. The van der Waals surface area contributed by atoms with Gasteiger partial charge in [-0.15, -0.1) is 0 Å². The molecular formula is C18H27FN2. The molecule has 2 aliphatic rings. The number of hydrogen-bond acceptors (Lipinski definition) is 2. The summed E-state index contributed by atoms with van der Waals surface area (Å²) in [5.41, 5.74) is 7.69. The Morgan fingerprint density at radius 1 is 1.33 bits per heavy atom. The molecule has 2 fully saturated rings. The van der Waals surface area contributed by atoms with E-state index in [2.05, 4.69) is 11.9 Å². The van der Waals surface area contributed by atoms with Crippen molar-refractivity contribution >= 4 is 5.69 Å². The lowest BCUT2D eigenvalue weighted by Crippen LogP contribution is -2.30. The third kappa shape index (κ3) is 3.08. The Hall–Kier alpha value is -1.09. The quantitative estimate of drug-likeness (QED) is 0.898. The molecule has 2 saturated carbocycles. The molecule has 1 aromatic rings. The van der Waals surface area contributed by atoms with E-state index in [1.165, 1.54) is 25.7 Å².